The number of nitriles is 1. The van der Waals surface area contributed by atoms with E-state index in [2.05, 4.69) is 15.4 Å². The van der Waals surface area contributed by atoms with Crippen LogP contribution < -0.4 is 5.32 Å². The fourth-order valence-electron chi connectivity index (χ4n) is 3.12. The van der Waals surface area contributed by atoms with Gasteiger partial charge in [0.15, 0.2) is 5.82 Å². The lowest BCUT2D eigenvalue weighted by atomic mass is 10.0. The Hall–Kier alpha value is -4.00. The predicted octanol–water partition coefficient (Wildman–Crippen LogP) is 4.03. The van der Waals surface area contributed by atoms with Gasteiger partial charge in [-0.25, -0.2) is 13.5 Å². The van der Waals surface area contributed by atoms with Crippen LogP contribution in [0.4, 0.5) is 23.2 Å². The molecule has 150 valence electrons. The minimum Gasteiger partial charge on any atom is -0.322 e. The predicted molar refractivity (Wildman–Crippen MR) is 98.3 cm³/mol. The molecule has 2 aromatic carbocycles. The molecule has 6 nitrogen and oxygen atoms in total. The van der Waals surface area contributed by atoms with Crippen molar-refractivity contribution in [2.75, 3.05) is 5.32 Å². The van der Waals surface area contributed by atoms with Crippen molar-refractivity contribution in [3.05, 3.63) is 82.2 Å². The molecule has 1 aliphatic heterocycles. The first-order chi connectivity index (χ1) is 14.4. The van der Waals surface area contributed by atoms with Crippen molar-refractivity contribution < 1.29 is 22.4 Å². The molecule has 2 heterocycles. The van der Waals surface area contributed by atoms with Gasteiger partial charge in [0.05, 0.1) is 24.0 Å². The molecule has 0 unspecified atom stereocenters. The van der Waals surface area contributed by atoms with Crippen LogP contribution in [-0.4, -0.2) is 21.4 Å². The number of rotatable bonds is 4. The van der Waals surface area contributed by atoms with E-state index in [1.165, 1.54) is 18.3 Å². The van der Waals surface area contributed by atoms with E-state index in [1.54, 1.807) is 12.1 Å². The van der Waals surface area contributed by atoms with Crippen LogP contribution in [0.1, 0.15) is 39.2 Å². The Morgan fingerprint density at radius 3 is 2.73 bits per heavy atom. The van der Waals surface area contributed by atoms with Gasteiger partial charge >= 0.3 is 6.55 Å². The molecule has 0 saturated heterocycles. The Kier molecular flexibility index (Phi) is 4.79. The van der Waals surface area contributed by atoms with Crippen LogP contribution in [0, 0.1) is 23.0 Å². The third-order valence-corrected chi connectivity index (χ3v) is 4.54. The number of carbonyl (C=O) groups excluding carboxylic acids is 1. The summed E-state index contributed by atoms with van der Waals surface area (Å²) in [6.45, 7) is -2.48. The number of hydrogen-bond acceptors (Lipinski definition) is 4. The molecule has 0 radical (unpaired) electrons. The normalized spacial score (nSPS) is 12.5. The first kappa shape index (κ1) is 19.3. The van der Waals surface area contributed by atoms with Crippen molar-refractivity contribution in [1.29, 1.82) is 5.26 Å². The number of alkyl halides is 2. The molecule has 1 N–H and O–H groups in total. The maximum absolute atomic E-state index is 14.2. The third-order valence-electron chi connectivity index (χ3n) is 4.54. The van der Waals surface area contributed by atoms with E-state index in [0.29, 0.717) is 28.1 Å². The summed E-state index contributed by atoms with van der Waals surface area (Å²) in [6.07, 6.45) is 2.41. The van der Waals surface area contributed by atoms with Gasteiger partial charge in [-0.05, 0) is 29.8 Å². The molecule has 4 rings (SSSR count). The number of aromatic nitrogens is 2. The highest BCUT2D eigenvalue weighted by Crippen LogP contribution is 2.27. The second-order valence-electron chi connectivity index (χ2n) is 6.37. The largest absolute Gasteiger partial charge is 0.333 e. The van der Waals surface area contributed by atoms with E-state index < -0.39 is 35.2 Å². The Morgan fingerprint density at radius 2 is 2.03 bits per heavy atom. The molecule has 0 bridgehead atoms. The molecular formula is C20H11F4N5O. The van der Waals surface area contributed by atoms with Crippen molar-refractivity contribution in [3.63, 3.8) is 0 Å². The number of benzene rings is 2. The SMILES string of the molecule is N#Cc1ccc(F)c(C(=O)Nc2ccc3c(c2)C(c2cnn(C(F)F)c2)=NC3)c1F. The molecule has 10 heteroatoms. The smallest absolute Gasteiger partial charge is 0.322 e. The van der Waals surface area contributed by atoms with Gasteiger partial charge < -0.3 is 5.32 Å². The van der Waals surface area contributed by atoms with Crippen molar-refractivity contribution >= 4 is 17.3 Å². The highest BCUT2D eigenvalue weighted by Gasteiger charge is 2.23. The minimum atomic E-state index is -2.79. The summed E-state index contributed by atoms with van der Waals surface area (Å²) in [6, 6.07) is 8.06. The summed E-state index contributed by atoms with van der Waals surface area (Å²) in [5.74, 6) is -3.42. The fourth-order valence-corrected chi connectivity index (χ4v) is 3.12. The van der Waals surface area contributed by atoms with Gasteiger partial charge in [-0.15, -0.1) is 0 Å². The summed E-state index contributed by atoms with van der Waals surface area (Å²) < 4.78 is 54.3. The lowest BCUT2D eigenvalue weighted by molar-refractivity contribution is 0.0566. The highest BCUT2D eigenvalue weighted by molar-refractivity contribution is 6.15. The minimum absolute atomic E-state index is 0.218. The van der Waals surface area contributed by atoms with Gasteiger partial charge in [-0.3, -0.25) is 9.79 Å². The maximum atomic E-state index is 14.2. The number of carbonyl (C=O) groups is 1. The number of nitrogens with zero attached hydrogens (tertiary/aromatic N) is 4. The van der Waals surface area contributed by atoms with Gasteiger partial charge in [0.1, 0.15) is 17.4 Å². The van der Waals surface area contributed by atoms with Crippen LogP contribution in [0.2, 0.25) is 0 Å². The van der Waals surface area contributed by atoms with Crippen LogP contribution in [-0.2, 0) is 6.54 Å². The number of fused-ring (bicyclic) bond motifs is 1. The van der Waals surface area contributed by atoms with E-state index in [9.17, 15) is 22.4 Å². The van der Waals surface area contributed by atoms with Crippen LogP contribution in [0.5, 0.6) is 0 Å². The van der Waals surface area contributed by atoms with Crippen LogP contribution in [0.3, 0.4) is 0 Å². The average molecular weight is 413 g/mol. The maximum Gasteiger partial charge on any atom is 0.333 e. The molecule has 0 fully saturated rings. The molecule has 3 aromatic rings. The molecule has 0 aliphatic carbocycles. The molecule has 1 aliphatic rings. The van der Waals surface area contributed by atoms with Gasteiger partial charge in [-0.2, -0.15) is 19.1 Å². The standard InChI is InChI=1S/C20H11F4N5O/c21-15-4-2-10(6-25)17(22)16(15)19(30)28-13-3-1-11-7-26-18(14(11)5-13)12-8-27-29(9-12)20(23)24/h1-5,8-9,20H,7H2,(H,28,30). The van der Waals surface area contributed by atoms with Crippen LogP contribution in [0.25, 0.3) is 0 Å². The number of amides is 1. The molecule has 0 saturated carbocycles. The van der Waals surface area contributed by atoms with E-state index in [4.69, 9.17) is 5.26 Å². The Bertz CT molecular complexity index is 1240. The Morgan fingerprint density at radius 1 is 1.23 bits per heavy atom. The fraction of sp³-hybridized carbons (Fsp3) is 0.100. The van der Waals surface area contributed by atoms with Gasteiger partial charge in [0.2, 0.25) is 0 Å². The zero-order valence-corrected chi connectivity index (χ0v) is 15.0. The van der Waals surface area contributed by atoms with Crippen LogP contribution >= 0.6 is 0 Å². The van der Waals surface area contributed by atoms with Crippen LogP contribution in [0.15, 0.2) is 47.7 Å². The second-order valence-corrected chi connectivity index (χ2v) is 6.37. The molecule has 30 heavy (non-hydrogen) atoms. The summed E-state index contributed by atoms with van der Waals surface area (Å²) >= 11 is 0. The number of anilines is 1. The lowest BCUT2D eigenvalue weighted by Crippen LogP contribution is -2.17. The van der Waals surface area contributed by atoms with Crippen molar-refractivity contribution in [1.82, 2.24) is 9.78 Å². The number of nitrogens with one attached hydrogen (secondary N) is 1. The van der Waals surface area contributed by atoms with Crippen molar-refractivity contribution in [2.24, 2.45) is 4.99 Å². The topological polar surface area (TPSA) is 83.1 Å². The molecule has 1 aromatic heterocycles. The molecule has 0 atom stereocenters. The number of aliphatic imine (C=N–C) groups is 1. The molecule has 1 amide bonds. The molecule has 0 spiro atoms. The third kappa shape index (κ3) is 3.30. The summed E-state index contributed by atoms with van der Waals surface area (Å²) in [5, 5.41) is 14.9. The van der Waals surface area contributed by atoms with Gasteiger partial charge in [0, 0.05) is 23.0 Å². The second kappa shape index (κ2) is 7.44. The van der Waals surface area contributed by atoms with Gasteiger partial charge in [0.25, 0.3) is 5.91 Å². The molecular weight excluding hydrogens is 402 g/mol. The Balaban J connectivity index is 1.64. The highest BCUT2D eigenvalue weighted by atomic mass is 19.3. The quantitative estimate of drug-likeness (QED) is 0.656. The monoisotopic (exact) mass is 413 g/mol. The average Bonchev–Trinajstić information content (AvgIpc) is 3.35. The van der Waals surface area contributed by atoms with Gasteiger partial charge in [-0.1, -0.05) is 6.07 Å². The van der Waals surface area contributed by atoms with Crippen molar-refractivity contribution in [3.8, 4) is 6.07 Å². The summed E-state index contributed by atoms with van der Waals surface area (Å²) in [4.78, 5) is 16.8. The van der Waals surface area contributed by atoms with E-state index in [0.717, 1.165) is 23.9 Å². The number of halogens is 4. The van der Waals surface area contributed by atoms with E-state index in [1.807, 2.05) is 0 Å². The van der Waals surface area contributed by atoms with E-state index in [-0.39, 0.29) is 5.69 Å². The zero-order chi connectivity index (χ0) is 21.4. The van der Waals surface area contributed by atoms with Crippen molar-refractivity contribution in [2.45, 2.75) is 13.1 Å². The lowest BCUT2D eigenvalue weighted by Gasteiger charge is -2.10. The Labute approximate surface area is 167 Å². The summed E-state index contributed by atoms with van der Waals surface area (Å²) in [7, 11) is 0. The summed E-state index contributed by atoms with van der Waals surface area (Å²) in [5.41, 5.74) is 1.04. The zero-order valence-electron chi connectivity index (χ0n) is 15.0. The van der Waals surface area contributed by atoms with E-state index >= 15 is 0 Å². The first-order valence-electron chi connectivity index (χ1n) is 8.59. The first-order valence-corrected chi connectivity index (χ1v) is 8.59. The number of hydrogen-bond donors (Lipinski definition) is 1.